The molecule has 0 aromatic carbocycles. The van der Waals surface area contributed by atoms with Crippen molar-refractivity contribution in [3.05, 3.63) is 29.6 Å². The van der Waals surface area contributed by atoms with Gasteiger partial charge in [-0.2, -0.15) is 5.10 Å². The fourth-order valence-corrected chi connectivity index (χ4v) is 2.09. The number of pyridine rings is 1. The normalized spacial score (nSPS) is 11.3. The molecule has 4 nitrogen and oxygen atoms in total. The number of nitrogens with zero attached hydrogens (tertiary/aromatic N) is 3. The van der Waals surface area contributed by atoms with Crippen molar-refractivity contribution in [3.8, 4) is 0 Å². The quantitative estimate of drug-likeness (QED) is 0.497. The van der Waals surface area contributed by atoms with E-state index in [1.165, 1.54) is 0 Å². The molecule has 0 radical (unpaired) electrons. The van der Waals surface area contributed by atoms with Crippen LogP contribution in [-0.4, -0.2) is 33.8 Å². The second-order valence-corrected chi connectivity index (χ2v) is 5.15. The Morgan fingerprint density at radius 1 is 1.30 bits per heavy atom. The SMILES string of the molecule is CCCN(CCC)C(=S)NN=C(C)c1cccc(C)n1. The maximum Gasteiger partial charge on any atom is 0.189 e. The summed E-state index contributed by atoms with van der Waals surface area (Å²) in [6.45, 7) is 10.1. The zero-order chi connectivity index (χ0) is 15.0. The Bertz CT molecular complexity index is 465. The van der Waals surface area contributed by atoms with Crippen LogP contribution >= 0.6 is 12.2 Å². The van der Waals surface area contributed by atoms with Crippen molar-refractivity contribution in [2.75, 3.05) is 13.1 Å². The Kier molecular flexibility index (Phi) is 7.15. The van der Waals surface area contributed by atoms with Crippen LogP contribution in [-0.2, 0) is 0 Å². The topological polar surface area (TPSA) is 40.5 Å². The van der Waals surface area contributed by atoms with Gasteiger partial charge >= 0.3 is 0 Å². The number of hydrazone groups is 1. The smallest absolute Gasteiger partial charge is 0.189 e. The van der Waals surface area contributed by atoms with Gasteiger partial charge in [-0.25, -0.2) is 0 Å². The molecule has 0 aliphatic carbocycles. The summed E-state index contributed by atoms with van der Waals surface area (Å²) in [5, 5.41) is 5.02. The van der Waals surface area contributed by atoms with Gasteiger partial charge in [0.1, 0.15) is 0 Å². The largest absolute Gasteiger partial charge is 0.348 e. The summed E-state index contributed by atoms with van der Waals surface area (Å²) in [5.74, 6) is 0. The van der Waals surface area contributed by atoms with E-state index in [4.69, 9.17) is 12.2 Å². The number of nitrogens with one attached hydrogen (secondary N) is 1. The van der Waals surface area contributed by atoms with Crippen LogP contribution in [0.15, 0.2) is 23.3 Å². The van der Waals surface area contributed by atoms with Gasteiger partial charge < -0.3 is 4.90 Å². The minimum atomic E-state index is 0.681. The van der Waals surface area contributed by atoms with Crippen molar-refractivity contribution in [2.24, 2.45) is 5.10 Å². The number of aryl methyl sites for hydroxylation is 1. The van der Waals surface area contributed by atoms with Crippen LogP contribution in [0.1, 0.15) is 45.0 Å². The Labute approximate surface area is 127 Å². The van der Waals surface area contributed by atoms with Gasteiger partial charge in [0.2, 0.25) is 0 Å². The summed E-state index contributed by atoms with van der Waals surface area (Å²) in [4.78, 5) is 6.59. The first-order valence-corrected chi connectivity index (χ1v) is 7.52. The monoisotopic (exact) mass is 292 g/mol. The lowest BCUT2D eigenvalue weighted by Crippen LogP contribution is -2.38. The molecule has 0 fully saturated rings. The van der Waals surface area contributed by atoms with E-state index in [2.05, 4.69) is 34.3 Å². The molecule has 0 saturated heterocycles. The van der Waals surface area contributed by atoms with E-state index in [1.807, 2.05) is 32.0 Å². The molecule has 20 heavy (non-hydrogen) atoms. The van der Waals surface area contributed by atoms with E-state index in [9.17, 15) is 0 Å². The maximum atomic E-state index is 5.39. The van der Waals surface area contributed by atoms with Gasteiger partial charge in [0, 0.05) is 18.8 Å². The first kappa shape index (κ1) is 16.6. The fraction of sp³-hybridized carbons (Fsp3) is 0.533. The minimum Gasteiger partial charge on any atom is -0.348 e. The van der Waals surface area contributed by atoms with E-state index < -0.39 is 0 Å². The maximum absolute atomic E-state index is 5.39. The second kappa shape index (κ2) is 8.64. The van der Waals surface area contributed by atoms with Gasteiger partial charge in [-0.15, -0.1) is 0 Å². The van der Waals surface area contributed by atoms with Crippen LogP contribution in [0.5, 0.6) is 0 Å². The molecule has 0 spiro atoms. The van der Waals surface area contributed by atoms with Gasteiger partial charge in [-0.1, -0.05) is 19.9 Å². The molecular formula is C15H24N4S. The number of aromatic nitrogens is 1. The molecule has 0 unspecified atom stereocenters. The molecule has 0 aliphatic heterocycles. The predicted octanol–water partition coefficient (Wildman–Crippen LogP) is 3.11. The molecule has 0 aliphatic rings. The van der Waals surface area contributed by atoms with Gasteiger partial charge in [0.25, 0.3) is 0 Å². The Balaban J connectivity index is 2.67. The van der Waals surface area contributed by atoms with Crippen molar-refractivity contribution in [1.29, 1.82) is 0 Å². The molecule has 0 amide bonds. The Hall–Kier alpha value is -1.49. The third kappa shape index (κ3) is 5.25. The molecule has 1 aromatic heterocycles. The lowest BCUT2D eigenvalue weighted by atomic mass is 10.2. The minimum absolute atomic E-state index is 0.681. The van der Waals surface area contributed by atoms with E-state index in [1.54, 1.807) is 0 Å². The first-order chi connectivity index (χ1) is 9.58. The van der Waals surface area contributed by atoms with Crippen LogP contribution in [0, 0.1) is 6.92 Å². The van der Waals surface area contributed by atoms with Crippen molar-refractivity contribution in [2.45, 2.75) is 40.5 Å². The highest BCUT2D eigenvalue weighted by Crippen LogP contribution is 2.00. The molecule has 1 aromatic rings. The summed E-state index contributed by atoms with van der Waals surface area (Å²) in [6.07, 6.45) is 2.15. The number of rotatable bonds is 6. The summed E-state index contributed by atoms with van der Waals surface area (Å²) in [5.41, 5.74) is 5.67. The number of hydrogen-bond donors (Lipinski definition) is 1. The van der Waals surface area contributed by atoms with E-state index in [0.29, 0.717) is 5.11 Å². The summed E-state index contributed by atoms with van der Waals surface area (Å²) < 4.78 is 0. The van der Waals surface area contributed by atoms with Gasteiger partial charge in [-0.05, 0) is 51.0 Å². The standard InChI is InChI=1S/C15H24N4S/c1-5-10-19(11-6-2)15(20)18-17-13(4)14-9-7-8-12(3)16-14/h7-9H,5-6,10-11H2,1-4H3,(H,18,20). The lowest BCUT2D eigenvalue weighted by Gasteiger charge is -2.23. The highest BCUT2D eigenvalue weighted by atomic mass is 32.1. The van der Waals surface area contributed by atoms with Crippen molar-refractivity contribution >= 4 is 23.0 Å². The molecule has 110 valence electrons. The fourth-order valence-electron chi connectivity index (χ4n) is 1.86. The van der Waals surface area contributed by atoms with E-state index in [0.717, 1.165) is 43.0 Å². The van der Waals surface area contributed by atoms with Gasteiger partial charge in [0.05, 0.1) is 11.4 Å². The molecule has 1 rings (SSSR count). The molecule has 5 heteroatoms. The second-order valence-electron chi connectivity index (χ2n) is 4.77. The molecule has 0 atom stereocenters. The van der Waals surface area contributed by atoms with Crippen LogP contribution < -0.4 is 5.43 Å². The molecule has 1 heterocycles. The van der Waals surface area contributed by atoms with E-state index in [-0.39, 0.29) is 0 Å². The molecule has 1 N–H and O–H groups in total. The summed E-state index contributed by atoms with van der Waals surface area (Å²) in [6, 6.07) is 5.90. The number of thiocarbonyl (C=S) groups is 1. The number of hydrogen-bond acceptors (Lipinski definition) is 3. The Morgan fingerprint density at radius 3 is 2.50 bits per heavy atom. The highest BCUT2D eigenvalue weighted by molar-refractivity contribution is 7.80. The summed E-state index contributed by atoms with van der Waals surface area (Å²) >= 11 is 5.39. The molecule has 0 bridgehead atoms. The van der Waals surface area contributed by atoms with Crippen molar-refractivity contribution in [3.63, 3.8) is 0 Å². The van der Waals surface area contributed by atoms with Crippen LogP contribution in [0.3, 0.4) is 0 Å². The average molecular weight is 292 g/mol. The van der Waals surface area contributed by atoms with Crippen LogP contribution in [0.2, 0.25) is 0 Å². The van der Waals surface area contributed by atoms with Gasteiger partial charge in [0.15, 0.2) is 5.11 Å². The summed E-state index contributed by atoms with van der Waals surface area (Å²) in [7, 11) is 0. The third-order valence-electron chi connectivity index (χ3n) is 2.85. The third-order valence-corrected chi connectivity index (χ3v) is 3.20. The first-order valence-electron chi connectivity index (χ1n) is 7.11. The zero-order valence-corrected chi connectivity index (χ0v) is 13.6. The lowest BCUT2D eigenvalue weighted by molar-refractivity contribution is 0.411. The van der Waals surface area contributed by atoms with Crippen LogP contribution in [0.25, 0.3) is 0 Å². The zero-order valence-electron chi connectivity index (χ0n) is 12.8. The average Bonchev–Trinajstić information content (AvgIpc) is 2.44. The van der Waals surface area contributed by atoms with Crippen molar-refractivity contribution in [1.82, 2.24) is 15.3 Å². The van der Waals surface area contributed by atoms with E-state index >= 15 is 0 Å². The molecule has 0 saturated carbocycles. The van der Waals surface area contributed by atoms with Crippen LogP contribution in [0.4, 0.5) is 0 Å². The van der Waals surface area contributed by atoms with Crippen molar-refractivity contribution < 1.29 is 0 Å². The molecular weight excluding hydrogens is 268 g/mol. The Morgan fingerprint density at radius 2 is 1.95 bits per heavy atom. The van der Waals surface area contributed by atoms with Gasteiger partial charge in [-0.3, -0.25) is 10.4 Å². The predicted molar refractivity (Wildman–Crippen MR) is 89.1 cm³/mol. The highest BCUT2D eigenvalue weighted by Gasteiger charge is 2.07.